The van der Waals surface area contributed by atoms with Gasteiger partial charge in [0, 0.05) is 19.5 Å². The smallest absolute Gasteiger partial charge is 0.269 e. The Morgan fingerprint density at radius 2 is 1.79 bits per heavy atom. The van der Waals surface area contributed by atoms with Crippen LogP contribution >= 0.6 is 0 Å². The van der Waals surface area contributed by atoms with Crippen molar-refractivity contribution in [3.63, 3.8) is 0 Å². The molecule has 0 radical (unpaired) electrons. The van der Waals surface area contributed by atoms with Crippen LogP contribution in [-0.2, 0) is 14.4 Å². The molecule has 6 heteroatoms. The minimum atomic E-state index is -0.682. The molecule has 0 aromatic carbocycles. The quantitative estimate of drug-likeness (QED) is 0.744. The summed E-state index contributed by atoms with van der Waals surface area (Å²) in [7, 11) is 0. The molecule has 0 aromatic rings. The first-order chi connectivity index (χ1) is 8.90. The highest BCUT2D eigenvalue weighted by molar-refractivity contribution is 6.39. The van der Waals surface area contributed by atoms with Gasteiger partial charge in [-0.05, 0) is 11.8 Å². The summed E-state index contributed by atoms with van der Waals surface area (Å²) in [5.41, 5.74) is 0.283. The molecule has 0 aliphatic carbocycles. The molecule has 19 heavy (non-hydrogen) atoms. The van der Waals surface area contributed by atoms with Crippen molar-refractivity contribution < 1.29 is 14.4 Å². The topological polar surface area (TPSA) is 79.8 Å². The molecular formula is C13H23N3O3. The van der Waals surface area contributed by atoms with Gasteiger partial charge in [0.25, 0.3) is 11.8 Å². The van der Waals surface area contributed by atoms with Gasteiger partial charge in [-0.1, -0.05) is 32.9 Å². The SMILES string of the molecule is CC(C)CNC(=O)C1=NOC(C(=O)NCC(C)C)C1. The molecule has 0 saturated carbocycles. The summed E-state index contributed by atoms with van der Waals surface area (Å²) in [5, 5.41) is 9.20. The molecule has 0 aromatic heterocycles. The molecule has 1 heterocycles. The summed E-state index contributed by atoms with van der Waals surface area (Å²) in [6, 6.07) is 0. The molecule has 1 aliphatic rings. The predicted octanol–water partition coefficient (Wildman–Crippen LogP) is 0.676. The van der Waals surface area contributed by atoms with Crippen molar-refractivity contribution in [2.24, 2.45) is 17.0 Å². The van der Waals surface area contributed by atoms with Crippen molar-refractivity contribution in [1.29, 1.82) is 0 Å². The van der Waals surface area contributed by atoms with Gasteiger partial charge < -0.3 is 15.5 Å². The van der Waals surface area contributed by atoms with Crippen LogP contribution in [0.2, 0.25) is 0 Å². The zero-order valence-corrected chi connectivity index (χ0v) is 12.0. The van der Waals surface area contributed by atoms with Gasteiger partial charge in [-0.2, -0.15) is 0 Å². The van der Waals surface area contributed by atoms with E-state index in [1.54, 1.807) is 0 Å². The maximum atomic E-state index is 11.7. The average Bonchev–Trinajstić information content (AvgIpc) is 2.82. The monoisotopic (exact) mass is 269 g/mol. The Hall–Kier alpha value is -1.59. The summed E-state index contributed by atoms with van der Waals surface area (Å²) < 4.78 is 0. The summed E-state index contributed by atoms with van der Waals surface area (Å²) in [4.78, 5) is 28.5. The van der Waals surface area contributed by atoms with Crippen LogP contribution in [0.4, 0.5) is 0 Å². The largest absolute Gasteiger partial charge is 0.382 e. The first-order valence-electron chi connectivity index (χ1n) is 6.68. The molecule has 6 nitrogen and oxygen atoms in total. The Morgan fingerprint density at radius 3 is 2.37 bits per heavy atom. The number of oxime groups is 1. The summed E-state index contributed by atoms with van der Waals surface area (Å²) in [5.74, 6) is 0.272. The van der Waals surface area contributed by atoms with Crippen LogP contribution in [0.3, 0.4) is 0 Å². The van der Waals surface area contributed by atoms with E-state index in [2.05, 4.69) is 15.8 Å². The number of amides is 2. The highest BCUT2D eigenvalue weighted by atomic mass is 16.6. The van der Waals surface area contributed by atoms with E-state index < -0.39 is 6.10 Å². The van der Waals surface area contributed by atoms with Crippen molar-refractivity contribution >= 4 is 17.5 Å². The van der Waals surface area contributed by atoms with Crippen molar-refractivity contribution in [1.82, 2.24) is 10.6 Å². The van der Waals surface area contributed by atoms with Gasteiger partial charge in [0.15, 0.2) is 0 Å². The molecule has 1 rings (SSSR count). The van der Waals surface area contributed by atoms with Crippen molar-refractivity contribution in [3.05, 3.63) is 0 Å². The third-order valence-corrected chi connectivity index (χ3v) is 2.58. The molecule has 0 spiro atoms. The summed E-state index contributed by atoms with van der Waals surface area (Å²) in [6.45, 7) is 9.22. The van der Waals surface area contributed by atoms with Gasteiger partial charge >= 0.3 is 0 Å². The third-order valence-electron chi connectivity index (χ3n) is 2.58. The lowest BCUT2D eigenvalue weighted by atomic mass is 10.1. The number of carbonyl (C=O) groups is 2. The Balaban J connectivity index is 2.35. The molecule has 108 valence electrons. The van der Waals surface area contributed by atoms with E-state index in [1.165, 1.54) is 0 Å². The lowest BCUT2D eigenvalue weighted by molar-refractivity contribution is -0.131. The van der Waals surface area contributed by atoms with Crippen LogP contribution in [0.5, 0.6) is 0 Å². The lowest BCUT2D eigenvalue weighted by Gasteiger charge is -2.11. The molecule has 1 aliphatic heterocycles. The van der Waals surface area contributed by atoms with E-state index in [0.29, 0.717) is 24.9 Å². The lowest BCUT2D eigenvalue weighted by Crippen LogP contribution is -2.38. The summed E-state index contributed by atoms with van der Waals surface area (Å²) >= 11 is 0. The molecule has 0 bridgehead atoms. The number of nitrogens with zero attached hydrogens (tertiary/aromatic N) is 1. The molecular weight excluding hydrogens is 246 g/mol. The van der Waals surface area contributed by atoms with Crippen LogP contribution in [-0.4, -0.2) is 36.7 Å². The van der Waals surface area contributed by atoms with E-state index in [0.717, 1.165) is 0 Å². The second-order valence-electron chi connectivity index (χ2n) is 5.58. The first-order valence-corrected chi connectivity index (χ1v) is 6.68. The minimum Gasteiger partial charge on any atom is -0.382 e. The average molecular weight is 269 g/mol. The van der Waals surface area contributed by atoms with E-state index >= 15 is 0 Å². The normalized spacial score (nSPS) is 18.2. The molecule has 0 saturated heterocycles. The molecule has 2 amide bonds. The van der Waals surface area contributed by atoms with E-state index in [4.69, 9.17) is 4.84 Å². The zero-order valence-electron chi connectivity index (χ0n) is 12.0. The van der Waals surface area contributed by atoms with Crippen LogP contribution in [0.25, 0.3) is 0 Å². The van der Waals surface area contributed by atoms with Gasteiger partial charge in [0.2, 0.25) is 6.10 Å². The molecule has 1 unspecified atom stereocenters. The number of carbonyl (C=O) groups excluding carboxylic acids is 2. The number of hydrogen-bond donors (Lipinski definition) is 2. The number of hydrogen-bond acceptors (Lipinski definition) is 4. The highest BCUT2D eigenvalue weighted by Gasteiger charge is 2.31. The van der Waals surface area contributed by atoms with Crippen molar-refractivity contribution in [2.45, 2.75) is 40.2 Å². The van der Waals surface area contributed by atoms with Gasteiger partial charge in [-0.25, -0.2) is 0 Å². The molecule has 1 atom stereocenters. The standard InChI is InChI=1S/C13H23N3O3/c1-8(2)6-14-12(17)10-5-11(19-16-10)13(18)15-7-9(3)4/h8-9,11H,5-7H2,1-4H3,(H,14,17)(H,15,18). The predicted molar refractivity (Wildman–Crippen MR) is 72.6 cm³/mol. The second-order valence-corrected chi connectivity index (χ2v) is 5.58. The molecule has 0 fully saturated rings. The van der Waals surface area contributed by atoms with E-state index in [9.17, 15) is 9.59 Å². The van der Waals surface area contributed by atoms with Crippen LogP contribution in [0, 0.1) is 11.8 Å². The summed E-state index contributed by atoms with van der Waals surface area (Å²) in [6.07, 6.45) is -0.452. The van der Waals surface area contributed by atoms with Gasteiger partial charge in [-0.3, -0.25) is 9.59 Å². The Kier molecular flexibility index (Phi) is 5.79. The van der Waals surface area contributed by atoms with Gasteiger partial charge in [0.1, 0.15) is 5.71 Å². The first kappa shape index (κ1) is 15.5. The van der Waals surface area contributed by atoms with E-state index in [1.807, 2.05) is 27.7 Å². The van der Waals surface area contributed by atoms with Crippen LogP contribution in [0.1, 0.15) is 34.1 Å². The fraction of sp³-hybridized carbons (Fsp3) is 0.769. The van der Waals surface area contributed by atoms with Gasteiger partial charge in [-0.15, -0.1) is 0 Å². The highest BCUT2D eigenvalue weighted by Crippen LogP contribution is 2.11. The van der Waals surface area contributed by atoms with Crippen LogP contribution in [0.15, 0.2) is 5.16 Å². The fourth-order valence-electron chi connectivity index (χ4n) is 1.47. The number of rotatable bonds is 6. The van der Waals surface area contributed by atoms with Gasteiger partial charge in [0.05, 0.1) is 0 Å². The van der Waals surface area contributed by atoms with Crippen molar-refractivity contribution in [3.8, 4) is 0 Å². The van der Waals surface area contributed by atoms with E-state index in [-0.39, 0.29) is 23.9 Å². The Bertz CT molecular complexity index is 364. The maximum Gasteiger partial charge on any atom is 0.269 e. The van der Waals surface area contributed by atoms with Crippen LogP contribution < -0.4 is 10.6 Å². The second kappa shape index (κ2) is 7.11. The minimum absolute atomic E-state index is 0.218. The zero-order chi connectivity index (χ0) is 14.4. The number of nitrogens with one attached hydrogen (secondary N) is 2. The third kappa shape index (κ3) is 5.28. The molecule has 2 N–H and O–H groups in total. The Morgan fingerprint density at radius 1 is 1.21 bits per heavy atom. The maximum absolute atomic E-state index is 11.7. The Labute approximate surface area is 113 Å². The fourth-order valence-corrected chi connectivity index (χ4v) is 1.47. The van der Waals surface area contributed by atoms with Crippen molar-refractivity contribution in [2.75, 3.05) is 13.1 Å².